The predicted octanol–water partition coefficient (Wildman–Crippen LogP) is 4.43. The van der Waals surface area contributed by atoms with E-state index in [0.29, 0.717) is 48.5 Å². The van der Waals surface area contributed by atoms with Crippen LogP contribution in [0.3, 0.4) is 0 Å². The maximum absolute atomic E-state index is 11.7. The van der Waals surface area contributed by atoms with E-state index in [1.54, 1.807) is 29.6 Å². The largest absolute Gasteiger partial charge is 0.491 e. The maximum atomic E-state index is 11.7. The van der Waals surface area contributed by atoms with Gasteiger partial charge in [0.1, 0.15) is 18.5 Å². The minimum atomic E-state index is -1.09. The lowest BCUT2D eigenvalue weighted by Crippen LogP contribution is -2.48. The van der Waals surface area contributed by atoms with E-state index in [0.717, 1.165) is 24.5 Å². The first kappa shape index (κ1) is 25.7. The number of carbonyl (C=O) groups is 1. The average molecular weight is 547 g/mol. The number of anilines is 1. The third-order valence-corrected chi connectivity index (χ3v) is 7.05. The summed E-state index contributed by atoms with van der Waals surface area (Å²) in [6, 6.07) is 13.2. The molecule has 2 aliphatic heterocycles. The molecular formula is C26H28Cl2N4O5. The van der Waals surface area contributed by atoms with Crippen LogP contribution in [0.25, 0.3) is 0 Å². The number of methoxy groups -OCH3 is 1. The lowest BCUT2D eigenvalue weighted by atomic mass is 10.1. The zero-order chi connectivity index (χ0) is 25.8. The zero-order valence-electron chi connectivity index (χ0n) is 20.4. The van der Waals surface area contributed by atoms with Gasteiger partial charge in [0.15, 0.2) is 0 Å². The number of amides is 1. The molecule has 0 spiro atoms. The van der Waals surface area contributed by atoms with E-state index in [2.05, 4.69) is 9.88 Å². The first-order valence-electron chi connectivity index (χ1n) is 12.0. The summed E-state index contributed by atoms with van der Waals surface area (Å²) in [6.45, 7) is 3.78. The van der Waals surface area contributed by atoms with Crippen LogP contribution in [0.5, 0.6) is 5.75 Å². The number of carbonyl (C=O) groups excluding carboxylic acids is 1. The fourth-order valence-corrected chi connectivity index (χ4v) is 5.15. The topological polar surface area (TPSA) is 78.3 Å². The van der Waals surface area contributed by atoms with Crippen LogP contribution in [0.15, 0.2) is 61.2 Å². The van der Waals surface area contributed by atoms with Crippen LogP contribution in [-0.4, -0.2) is 73.2 Å². The highest BCUT2D eigenvalue weighted by atomic mass is 35.5. The van der Waals surface area contributed by atoms with E-state index >= 15 is 0 Å². The standard InChI is InChI=1S/C26H28Cl2N4O5/c1-34-25(33)32-12-10-31(11-13-32)20-3-5-21(6-4-20)35-15-22-16-36-26(37-22,17-30-9-8-29-18-30)23-7-2-19(27)14-24(23)28/h2-9,14,18,22H,10-13,15-17H2,1H3. The molecule has 2 fully saturated rings. The number of piperazine rings is 1. The molecule has 2 unspecified atom stereocenters. The molecule has 9 nitrogen and oxygen atoms in total. The van der Waals surface area contributed by atoms with Crippen molar-refractivity contribution in [3.8, 4) is 5.75 Å². The van der Waals surface area contributed by atoms with Gasteiger partial charge in [-0.3, -0.25) is 0 Å². The number of hydrogen-bond acceptors (Lipinski definition) is 7. The Kier molecular flexibility index (Phi) is 7.76. The number of hydrogen-bond donors (Lipinski definition) is 0. The lowest BCUT2D eigenvalue weighted by molar-refractivity contribution is -0.189. The van der Waals surface area contributed by atoms with Crippen molar-refractivity contribution in [3.05, 3.63) is 76.8 Å². The van der Waals surface area contributed by atoms with Gasteiger partial charge in [-0.25, -0.2) is 9.78 Å². The number of ether oxygens (including phenoxy) is 4. The molecule has 37 heavy (non-hydrogen) atoms. The normalized spacial score (nSPS) is 21.8. The van der Waals surface area contributed by atoms with Crippen molar-refractivity contribution >= 4 is 35.0 Å². The molecule has 2 saturated heterocycles. The SMILES string of the molecule is COC(=O)N1CCN(c2ccc(OCC3COC(Cn4ccnc4)(c4ccc(Cl)cc4Cl)O3)cc2)CC1. The van der Waals surface area contributed by atoms with Gasteiger partial charge >= 0.3 is 6.09 Å². The molecule has 1 amide bonds. The molecule has 0 saturated carbocycles. The summed E-state index contributed by atoms with van der Waals surface area (Å²) >= 11 is 12.7. The van der Waals surface area contributed by atoms with E-state index in [1.807, 2.05) is 41.1 Å². The first-order valence-corrected chi connectivity index (χ1v) is 12.7. The first-order chi connectivity index (χ1) is 18.0. The summed E-state index contributed by atoms with van der Waals surface area (Å²) in [5.74, 6) is -0.357. The van der Waals surface area contributed by atoms with Gasteiger partial charge in [-0.05, 0) is 36.4 Å². The smallest absolute Gasteiger partial charge is 0.409 e. The molecule has 3 aromatic rings. The van der Waals surface area contributed by atoms with Crippen LogP contribution in [-0.2, 0) is 26.5 Å². The Hall–Kier alpha value is -2.98. The second-order valence-electron chi connectivity index (χ2n) is 8.91. The van der Waals surface area contributed by atoms with Crippen LogP contribution in [0.1, 0.15) is 5.56 Å². The molecular weight excluding hydrogens is 519 g/mol. The predicted molar refractivity (Wildman–Crippen MR) is 139 cm³/mol. The molecule has 0 N–H and O–H groups in total. The summed E-state index contributed by atoms with van der Waals surface area (Å²) in [7, 11) is 1.41. The van der Waals surface area contributed by atoms with Crippen molar-refractivity contribution in [1.82, 2.24) is 14.5 Å². The number of nitrogens with zero attached hydrogens (tertiary/aromatic N) is 4. The van der Waals surface area contributed by atoms with Gasteiger partial charge in [-0.1, -0.05) is 29.3 Å². The minimum absolute atomic E-state index is 0.283. The average Bonchev–Trinajstić information content (AvgIpc) is 3.58. The maximum Gasteiger partial charge on any atom is 0.409 e. The Bertz CT molecular complexity index is 1200. The Morgan fingerprint density at radius 1 is 1.14 bits per heavy atom. The van der Waals surface area contributed by atoms with Crippen molar-refractivity contribution in [2.75, 3.05) is 51.4 Å². The fraction of sp³-hybridized carbons (Fsp3) is 0.385. The van der Waals surface area contributed by atoms with Crippen LogP contribution in [0.4, 0.5) is 10.5 Å². The quantitative estimate of drug-likeness (QED) is 0.433. The molecule has 2 aliphatic rings. The Balaban J connectivity index is 1.20. The monoisotopic (exact) mass is 546 g/mol. The summed E-state index contributed by atoms with van der Waals surface area (Å²) < 4.78 is 25.4. The molecule has 5 rings (SSSR count). The fourth-order valence-electron chi connectivity index (χ4n) is 4.59. The van der Waals surface area contributed by atoms with Crippen molar-refractivity contribution in [2.24, 2.45) is 0 Å². The Morgan fingerprint density at radius 3 is 2.59 bits per heavy atom. The Morgan fingerprint density at radius 2 is 1.92 bits per heavy atom. The van der Waals surface area contributed by atoms with Crippen LogP contribution in [0, 0.1) is 0 Å². The van der Waals surface area contributed by atoms with E-state index in [9.17, 15) is 4.79 Å². The lowest BCUT2D eigenvalue weighted by Gasteiger charge is -2.35. The molecule has 11 heteroatoms. The van der Waals surface area contributed by atoms with Crippen molar-refractivity contribution in [1.29, 1.82) is 0 Å². The van der Waals surface area contributed by atoms with E-state index in [4.69, 9.17) is 42.1 Å². The van der Waals surface area contributed by atoms with E-state index in [-0.39, 0.29) is 12.2 Å². The highest BCUT2D eigenvalue weighted by Gasteiger charge is 2.45. The highest BCUT2D eigenvalue weighted by Crippen LogP contribution is 2.40. The summed E-state index contributed by atoms with van der Waals surface area (Å²) in [5.41, 5.74) is 1.78. The van der Waals surface area contributed by atoms with Gasteiger partial charge in [-0.15, -0.1) is 0 Å². The Labute approximate surface area is 225 Å². The molecule has 3 heterocycles. The number of imidazole rings is 1. The second-order valence-corrected chi connectivity index (χ2v) is 9.76. The van der Waals surface area contributed by atoms with Crippen molar-refractivity contribution in [2.45, 2.75) is 18.4 Å². The van der Waals surface area contributed by atoms with E-state index < -0.39 is 5.79 Å². The summed E-state index contributed by atoms with van der Waals surface area (Å²) in [4.78, 5) is 19.8. The third-order valence-electron chi connectivity index (χ3n) is 6.50. The van der Waals surface area contributed by atoms with Crippen molar-refractivity contribution < 1.29 is 23.7 Å². The van der Waals surface area contributed by atoms with Gasteiger partial charge < -0.3 is 33.3 Å². The van der Waals surface area contributed by atoms with Gasteiger partial charge in [0.05, 0.1) is 31.6 Å². The molecule has 1 aromatic heterocycles. The van der Waals surface area contributed by atoms with Crippen LogP contribution in [0.2, 0.25) is 10.0 Å². The minimum Gasteiger partial charge on any atom is -0.491 e. The van der Waals surface area contributed by atoms with Gasteiger partial charge in [-0.2, -0.15) is 0 Å². The van der Waals surface area contributed by atoms with E-state index in [1.165, 1.54) is 7.11 Å². The summed E-state index contributed by atoms with van der Waals surface area (Å²) in [5, 5.41) is 1.01. The van der Waals surface area contributed by atoms with Gasteiger partial charge in [0.2, 0.25) is 5.79 Å². The summed E-state index contributed by atoms with van der Waals surface area (Å²) in [6.07, 6.45) is 4.67. The van der Waals surface area contributed by atoms with Crippen molar-refractivity contribution in [3.63, 3.8) is 0 Å². The van der Waals surface area contributed by atoms with Crippen LogP contribution < -0.4 is 9.64 Å². The third kappa shape index (κ3) is 5.80. The number of aromatic nitrogens is 2. The molecule has 0 bridgehead atoms. The molecule has 2 aromatic carbocycles. The zero-order valence-corrected chi connectivity index (χ0v) is 21.9. The van der Waals surface area contributed by atoms with Gasteiger partial charge in [0.25, 0.3) is 0 Å². The number of rotatable bonds is 7. The number of benzene rings is 2. The number of halogens is 2. The molecule has 0 radical (unpaired) electrons. The highest BCUT2D eigenvalue weighted by molar-refractivity contribution is 6.35. The molecule has 0 aliphatic carbocycles. The van der Waals surface area contributed by atoms with Gasteiger partial charge in [0, 0.05) is 54.8 Å². The van der Waals surface area contributed by atoms with Crippen LogP contribution >= 0.6 is 23.2 Å². The second kappa shape index (κ2) is 11.2. The molecule has 2 atom stereocenters. The molecule has 196 valence electrons.